The predicted octanol–water partition coefficient (Wildman–Crippen LogP) is 2.71. The molecule has 1 atom stereocenters. The van der Waals surface area contributed by atoms with Crippen LogP contribution in [0.25, 0.3) is 0 Å². The topological polar surface area (TPSA) is 0 Å². The van der Waals surface area contributed by atoms with Crippen molar-refractivity contribution >= 4 is 6.71 Å². The maximum atomic E-state index is 2.24. The monoisotopic (exact) mass is 110 g/mol. The molecule has 0 aliphatic rings. The molecular weight excluding hydrogens is 94.9 g/mol. The first-order valence-corrected chi connectivity index (χ1v) is 3.31. The van der Waals surface area contributed by atoms with Crippen molar-refractivity contribution in [3.8, 4) is 0 Å². The molecule has 0 N–H and O–H groups in total. The molecule has 0 amide bonds. The van der Waals surface area contributed by atoms with E-state index in [1.807, 2.05) is 0 Å². The average Bonchev–Trinajstić information content (AvgIpc) is 1.67. The number of rotatable bonds is 2. The van der Waals surface area contributed by atoms with Gasteiger partial charge in [0.25, 0.3) is 0 Å². The molecule has 0 saturated carbocycles. The molecule has 1 unspecified atom stereocenters. The van der Waals surface area contributed by atoms with Gasteiger partial charge >= 0.3 is 0 Å². The molecule has 0 aromatic heterocycles. The SMILES string of the molecule is C/C=C/C(C)B(C)C. The molecule has 0 radical (unpaired) electrons. The third kappa shape index (κ3) is 2.89. The summed E-state index contributed by atoms with van der Waals surface area (Å²) in [5.41, 5.74) is 0. The molecule has 0 aliphatic heterocycles. The second kappa shape index (κ2) is 3.76. The summed E-state index contributed by atoms with van der Waals surface area (Å²) in [4.78, 5) is 0. The first-order chi connectivity index (χ1) is 3.68. The van der Waals surface area contributed by atoms with Gasteiger partial charge in [-0.3, -0.25) is 0 Å². The van der Waals surface area contributed by atoms with Crippen molar-refractivity contribution in [3.05, 3.63) is 12.2 Å². The van der Waals surface area contributed by atoms with Crippen molar-refractivity contribution in [2.45, 2.75) is 33.3 Å². The van der Waals surface area contributed by atoms with Crippen LogP contribution in [0.3, 0.4) is 0 Å². The largest absolute Gasteiger partial charge is 0.140 e. The Morgan fingerprint density at radius 3 is 2.00 bits per heavy atom. The van der Waals surface area contributed by atoms with Gasteiger partial charge in [0, 0.05) is 0 Å². The molecule has 46 valence electrons. The minimum Gasteiger partial charge on any atom is -0.0932 e. The minimum atomic E-state index is 0.736. The van der Waals surface area contributed by atoms with E-state index in [1.165, 1.54) is 0 Å². The highest BCUT2D eigenvalue weighted by atomic mass is 13.8. The molecule has 0 rings (SSSR count). The third-order valence-electron chi connectivity index (χ3n) is 1.55. The predicted molar refractivity (Wildman–Crippen MR) is 41.7 cm³/mol. The van der Waals surface area contributed by atoms with Crippen LogP contribution >= 0.6 is 0 Å². The first-order valence-electron chi connectivity index (χ1n) is 3.31. The first kappa shape index (κ1) is 7.80. The Labute approximate surface area is 53.1 Å². The van der Waals surface area contributed by atoms with Crippen LogP contribution in [0.1, 0.15) is 13.8 Å². The Morgan fingerprint density at radius 2 is 1.88 bits per heavy atom. The Kier molecular flexibility index (Phi) is 3.67. The smallest absolute Gasteiger partial charge is 0.0932 e. The fraction of sp³-hybridized carbons (Fsp3) is 0.714. The van der Waals surface area contributed by atoms with Gasteiger partial charge in [0.1, 0.15) is 6.71 Å². The second-order valence-corrected chi connectivity index (χ2v) is 2.63. The van der Waals surface area contributed by atoms with Gasteiger partial charge in [0.05, 0.1) is 0 Å². The van der Waals surface area contributed by atoms with Crippen molar-refractivity contribution in [2.24, 2.45) is 0 Å². The summed E-state index contributed by atoms with van der Waals surface area (Å²) in [5.74, 6) is 0.736. The molecule has 0 aliphatic carbocycles. The molecule has 0 bridgehead atoms. The summed E-state index contributed by atoms with van der Waals surface area (Å²) < 4.78 is 0. The van der Waals surface area contributed by atoms with Crippen LogP contribution in [0.5, 0.6) is 0 Å². The summed E-state index contributed by atoms with van der Waals surface area (Å²) in [6, 6.07) is 0. The van der Waals surface area contributed by atoms with Crippen molar-refractivity contribution in [3.63, 3.8) is 0 Å². The van der Waals surface area contributed by atoms with Gasteiger partial charge in [0.15, 0.2) is 0 Å². The van der Waals surface area contributed by atoms with Crippen molar-refractivity contribution in [1.82, 2.24) is 0 Å². The fourth-order valence-electron chi connectivity index (χ4n) is 0.526. The van der Waals surface area contributed by atoms with Gasteiger partial charge in [0.2, 0.25) is 0 Å². The van der Waals surface area contributed by atoms with Gasteiger partial charge in [-0.15, -0.1) is 0 Å². The average molecular weight is 110 g/mol. The molecule has 0 saturated heterocycles. The van der Waals surface area contributed by atoms with Gasteiger partial charge < -0.3 is 0 Å². The maximum Gasteiger partial charge on any atom is 0.140 e. The second-order valence-electron chi connectivity index (χ2n) is 2.63. The van der Waals surface area contributed by atoms with E-state index >= 15 is 0 Å². The summed E-state index contributed by atoms with van der Waals surface area (Å²) in [5, 5.41) is 0. The van der Waals surface area contributed by atoms with E-state index in [9.17, 15) is 0 Å². The van der Waals surface area contributed by atoms with Crippen LogP contribution in [0.15, 0.2) is 12.2 Å². The normalized spacial score (nSPS) is 14.5. The Balaban J connectivity index is 3.47. The highest BCUT2D eigenvalue weighted by Crippen LogP contribution is 2.09. The van der Waals surface area contributed by atoms with Gasteiger partial charge in [-0.05, 0) is 12.7 Å². The summed E-state index contributed by atoms with van der Waals surface area (Å²) in [7, 11) is 0. The highest BCUT2D eigenvalue weighted by Gasteiger charge is 2.04. The Morgan fingerprint density at radius 1 is 1.38 bits per heavy atom. The van der Waals surface area contributed by atoms with E-state index in [1.54, 1.807) is 0 Å². The lowest BCUT2D eigenvalue weighted by Gasteiger charge is -2.04. The molecule has 0 heterocycles. The lowest BCUT2D eigenvalue weighted by Crippen LogP contribution is -2.04. The number of hydrogen-bond donors (Lipinski definition) is 0. The molecule has 0 spiro atoms. The van der Waals surface area contributed by atoms with Crippen LogP contribution in [-0.2, 0) is 0 Å². The van der Waals surface area contributed by atoms with Crippen LogP contribution in [-0.4, -0.2) is 6.71 Å². The van der Waals surface area contributed by atoms with Gasteiger partial charge in [-0.1, -0.05) is 32.7 Å². The molecule has 0 aromatic carbocycles. The van der Waals surface area contributed by atoms with Crippen LogP contribution in [0.2, 0.25) is 19.5 Å². The van der Waals surface area contributed by atoms with E-state index in [0.717, 1.165) is 12.5 Å². The zero-order valence-electron chi connectivity index (χ0n) is 6.31. The van der Waals surface area contributed by atoms with Crippen molar-refractivity contribution in [2.75, 3.05) is 0 Å². The van der Waals surface area contributed by atoms with Crippen LogP contribution < -0.4 is 0 Å². The summed E-state index contributed by atoms with van der Waals surface area (Å²) >= 11 is 0. The lowest BCUT2D eigenvalue weighted by atomic mass is 9.45. The lowest BCUT2D eigenvalue weighted by molar-refractivity contribution is 1.16. The highest BCUT2D eigenvalue weighted by molar-refractivity contribution is 6.57. The van der Waals surface area contributed by atoms with E-state index in [2.05, 4.69) is 39.6 Å². The quantitative estimate of drug-likeness (QED) is 0.378. The zero-order valence-corrected chi connectivity index (χ0v) is 6.31. The van der Waals surface area contributed by atoms with E-state index in [0.29, 0.717) is 0 Å². The number of allylic oxidation sites excluding steroid dienone is 2. The molecule has 0 aromatic rings. The fourth-order valence-corrected chi connectivity index (χ4v) is 0.526. The molecule has 0 nitrogen and oxygen atoms in total. The summed E-state index contributed by atoms with van der Waals surface area (Å²) in [6.45, 7) is 9.57. The molecule has 0 fully saturated rings. The van der Waals surface area contributed by atoms with E-state index < -0.39 is 0 Å². The van der Waals surface area contributed by atoms with E-state index in [4.69, 9.17) is 0 Å². The molecule has 1 heteroatoms. The molecule has 8 heavy (non-hydrogen) atoms. The van der Waals surface area contributed by atoms with Crippen molar-refractivity contribution < 1.29 is 0 Å². The molecular formula is C7H15B. The standard InChI is InChI=1S/C7H15B/c1-5-6-7(2)8(3)4/h5-7H,1-4H3/b6-5+. The minimum absolute atomic E-state index is 0.736. The Hall–Kier alpha value is -0.195. The van der Waals surface area contributed by atoms with Crippen LogP contribution in [0.4, 0.5) is 0 Å². The van der Waals surface area contributed by atoms with Gasteiger partial charge in [-0.25, -0.2) is 0 Å². The Bertz CT molecular complexity index is 74.5. The zero-order chi connectivity index (χ0) is 6.57. The van der Waals surface area contributed by atoms with E-state index in [-0.39, 0.29) is 0 Å². The third-order valence-corrected chi connectivity index (χ3v) is 1.55. The van der Waals surface area contributed by atoms with Crippen molar-refractivity contribution in [1.29, 1.82) is 0 Å². The van der Waals surface area contributed by atoms with Gasteiger partial charge in [-0.2, -0.15) is 0 Å². The number of hydrogen-bond acceptors (Lipinski definition) is 0. The maximum absolute atomic E-state index is 2.24. The summed E-state index contributed by atoms with van der Waals surface area (Å²) in [6.07, 6.45) is 4.36. The van der Waals surface area contributed by atoms with Crippen LogP contribution in [0, 0.1) is 0 Å².